The third-order valence-electron chi connectivity index (χ3n) is 5.72. The highest BCUT2D eigenvalue weighted by Gasteiger charge is 2.28. The van der Waals surface area contributed by atoms with Gasteiger partial charge in [0.2, 0.25) is 0 Å². The molecule has 2 aromatic heterocycles. The Labute approximate surface area is 166 Å². The van der Waals surface area contributed by atoms with Gasteiger partial charge in [0, 0.05) is 38.8 Å². The van der Waals surface area contributed by atoms with Crippen LogP contribution in [-0.4, -0.2) is 56.7 Å². The molecule has 1 saturated heterocycles. The summed E-state index contributed by atoms with van der Waals surface area (Å²) in [7, 11) is 0. The first-order chi connectivity index (χ1) is 13.7. The fourth-order valence-electron chi connectivity index (χ4n) is 4.30. The molecule has 1 aliphatic heterocycles. The van der Waals surface area contributed by atoms with Gasteiger partial charge in [0.1, 0.15) is 17.3 Å². The van der Waals surface area contributed by atoms with Crippen molar-refractivity contribution in [3.63, 3.8) is 0 Å². The molecule has 4 rings (SSSR count). The quantitative estimate of drug-likeness (QED) is 0.681. The molecular weight excluding hydrogens is 352 g/mol. The summed E-state index contributed by atoms with van der Waals surface area (Å²) in [6.45, 7) is 9.84. The van der Waals surface area contributed by atoms with Crippen molar-refractivity contribution >= 4 is 11.0 Å². The third-order valence-corrected chi connectivity index (χ3v) is 5.72. The van der Waals surface area contributed by atoms with E-state index in [0.717, 1.165) is 68.6 Å². The van der Waals surface area contributed by atoms with Gasteiger partial charge in [0.15, 0.2) is 0 Å². The molecule has 0 saturated carbocycles. The van der Waals surface area contributed by atoms with Gasteiger partial charge in [0.05, 0.1) is 24.1 Å². The third kappa shape index (κ3) is 3.99. The number of piperazine rings is 1. The molecule has 1 aliphatic rings. The van der Waals surface area contributed by atoms with Crippen LogP contribution < -0.4 is 0 Å². The van der Waals surface area contributed by atoms with Crippen LogP contribution in [0.15, 0.2) is 40.8 Å². The molecule has 0 spiro atoms. The van der Waals surface area contributed by atoms with E-state index in [1.54, 1.807) is 0 Å². The summed E-state index contributed by atoms with van der Waals surface area (Å²) in [6, 6.07) is 12.8. The van der Waals surface area contributed by atoms with Gasteiger partial charge in [-0.15, -0.1) is 0 Å². The number of furan rings is 1. The molecule has 1 N–H and O–H groups in total. The van der Waals surface area contributed by atoms with Crippen LogP contribution in [0.5, 0.6) is 0 Å². The SMILES string of the molecule is CCn1c(CN2CCN(Cc3ccc(C)o3)C(CCO)C2)nc2ccccc21. The number of aliphatic hydroxyl groups excluding tert-OH is 1. The van der Waals surface area contributed by atoms with Crippen molar-refractivity contribution in [1.29, 1.82) is 0 Å². The molecule has 0 radical (unpaired) electrons. The Bertz CT molecular complexity index is 916. The van der Waals surface area contributed by atoms with Crippen molar-refractivity contribution in [2.24, 2.45) is 0 Å². The first-order valence-electron chi connectivity index (χ1n) is 10.2. The lowest BCUT2D eigenvalue weighted by Crippen LogP contribution is -2.52. The summed E-state index contributed by atoms with van der Waals surface area (Å²) >= 11 is 0. The van der Waals surface area contributed by atoms with E-state index in [2.05, 4.69) is 45.6 Å². The lowest BCUT2D eigenvalue weighted by Gasteiger charge is -2.41. The summed E-state index contributed by atoms with van der Waals surface area (Å²) in [5, 5.41) is 9.57. The molecule has 1 aromatic carbocycles. The van der Waals surface area contributed by atoms with Crippen molar-refractivity contribution in [3.8, 4) is 0 Å². The maximum atomic E-state index is 9.57. The topological polar surface area (TPSA) is 57.7 Å². The lowest BCUT2D eigenvalue weighted by atomic mass is 10.1. The molecule has 0 bridgehead atoms. The monoisotopic (exact) mass is 382 g/mol. The average Bonchev–Trinajstić information content (AvgIpc) is 3.26. The minimum Gasteiger partial charge on any atom is -0.465 e. The Hall–Kier alpha value is -2.15. The zero-order valence-electron chi connectivity index (χ0n) is 16.8. The number of aryl methyl sites for hydroxylation is 2. The first-order valence-corrected chi connectivity index (χ1v) is 10.2. The highest BCUT2D eigenvalue weighted by Crippen LogP contribution is 2.21. The largest absolute Gasteiger partial charge is 0.465 e. The summed E-state index contributed by atoms with van der Waals surface area (Å²) in [5.41, 5.74) is 2.27. The molecule has 1 unspecified atom stereocenters. The molecule has 150 valence electrons. The molecule has 0 amide bonds. The minimum atomic E-state index is 0.208. The summed E-state index contributed by atoms with van der Waals surface area (Å²) in [5.74, 6) is 3.08. The Morgan fingerprint density at radius 2 is 2.00 bits per heavy atom. The number of hydrogen-bond acceptors (Lipinski definition) is 5. The fourth-order valence-corrected chi connectivity index (χ4v) is 4.30. The van der Waals surface area contributed by atoms with E-state index in [4.69, 9.17) is 9.40 Å². The van der Waals surface area contributed by atoms with Crippen molar-refractivity contribution in [1.82, 2.24) is 19.4 Å². The van der Waals surface area contributed by atoms with Crippen molar-refractivity contribution < 1.29 is 9.52 Å². The van der Waals surface area contributed by atoms with E-state index in [1.807, 2.05) is 19.1 Å². The number of benzene rings is 1. The number of aliphatic hydroxyl groups is 1. The van der Waals surface area contributed by atoms with Gasteiger partial charge in [-0.1, -0.05) is 12.1 Å². The molecule has 3 aromatic rings. The number of para-hydroxylation sites is 2. The number of fused-ring (bicyclic) bond motifs is 1. The lowest BCUT2D eigenvalue weighted by molar-refractivity contribution is 0.0439. The Morgan fingerprint density at radius 1 is 1.14 bits per heavy atom. The number of imidazole rings is 1. The van der Waals surface area contributed by atoms with Gasteiger partial charge >= 0.3 is 0 Å². The number of nitrogens with zero attached hydrogens (tertiary/aromatic N) is 4. The van der Waals surface area contributed by atoms with Crippen molar-refractivity contribution in [3.05, 3.63) is 53.7 Å². The van der Waals surface area contributed by atoms with Gasteiger partial charge in [-0.3, -0.25) is 9.80 Å². The number of hydrogen-bond donors (Lipinski definition) is 1. The van der Waals surface area contributed by atoms with E-state index < -0.39 is 0 Å². The van der Waals surface area contributed by atoms with E-state index in [9.17, 15) is 5.11 Å². The second-order valence-corrected chi connectivity index (χ2v) is 7.65. The van der Waals surface area contributed by atoms with Gasteiger partial charge in [-0.2, -0.15) is 0 Å². The van der Waals surface area contributed by atoms with Crippen LogP contribution in [-0.2, 0) is 19.6 Å². The maximum Gasteiger partial charge on any atom is 0.124 e. The maximum absolute atomic E-state index is 9.57. The second kappa shape index (κ2) is 8.47. The molecule has 0 aliphatic carbocycles. The van der Waals surface area contributed by atoms with Crippen LogP contribution in [0.3, 0.4) is 0 Å². The first kappa shape index (κ1) is 19.2. The van der Waals surface area contributed by atoms with Crippen LogP contribution in [0.25, 0.3) is 11.0 Å². The van der Waals surface area contributed by atoms with Crippen LogP contribution in [0.4, 0.5) is 0 Å². The van der Waals surface area contributed by atoms with E-state index in [-0.39, 0.29) is 6.61 Å². The zero-order chi connectivity index (χ0) is 19.5. The fraction of sp³-hybridized carbons (Fsp3) is 0.500. The second-order valence-electron chi connectivity index (χ2n) is 7.65. The van der Waals surface area contributed by atoms with Crippen LogP contribution in [0, 0.1) is 6.92 Å². The number of rotatable bonds is 7. The van der Waals surface area contributed by atoms with Gasteiger partial charge in [-0.05, 0) is 44.5 Å². The predicted molar refractivity (Wildman–Crippen MR) is 110 cm³/mol. The predicted octanol–water partition coefficient (Wildman–Crippen LogP) is 3.03. The summed E-state index contributed by atoms with van der Waals surface area (Å²) < 4.78 is 8.08. The smallest absolute Gasteiger partial charge is 0.124 e. The Kier molecular flexibility index (Phi) is 5.80. The Morgan fingerprint density at radius 3 is 2.75 bits per heavy atom. The highest BCUT2D eigenvalue weighted by molar-refractivity contribution is 5.75. The van der Waals surface area contributed by atoms with E-state index >= 15 is 0 Å². The average molecular weight is 383 g/mol. The van der Waals surface area contributed by atoms with E-state index in [0.29, 0.717) is 6.04 Å². The molecule has 6 heteroatoms. The van der Waals surface area contributed by atoms with Gasteiger partial charge < -0.3 is 14.1 Å². The van der Waals surface area contributed by atoms with Gasteiger partial charge in [-0.25, -0.2) is 4.98 Å². The molecule has 3 heterocycles. The molecular formula is C22H30N4O2. The minimum absolute atomic E-state index is 0.208. The standard InChI is InChI=1S/C22H30N4O2/c1-3-26-21-7-5-4-6-20(21)23-22(26)16-24-11-12-25(18(14-24)10-13-27)15-19-9-8-17(2)28-19/h4-9,18,27H,3,10-16H2,1-2H3. The van der Waals surface area contributed by atoms with Crippen LogP contribution in [0.1, 0.15) is 30.7 Å². The molecule has 6 nitrogen and oxygen atoms in total. The normalized spacial score (nSPS) is 18.9. The zero-order valence-corrected chi connectivity index (χ0v) is 16.8. The van der Waals surface area contributed by atoms with Crippen LogP contribution in [0.2, 0.25) is 0 Å². The van der Waals surface area contributed by atoms with Crippen molar-refractivity contribution in [2.75, 3.05) is 26.2 Å². The van der Waals surface area contributed by atoms with Crippen molar-refractivity contribution in [2.45, 2.75) is 45.9 Å². The summed E-state index contributed by atoms with van der Waals surface area (Å²) in [4.78, 5) is 9.79. The van der Waals surface area contributed by atoms with E-state index in [1.165, 1.54) is 5.52 Å². The highest BCUT2D eigenvalue weighted by atomic mass is 16.3. The van der Waals surface area contributed by atoms with Gasteiger partial charge in [0.25, 0.3) is 0 Å². The summed E-state index contributed by atoms with van der Waals surface area (Å²) in [6.07, 6.45) is 0.778. The molecule has 28 heavy (non-hydrogen) atoms. The van der Waals surface area contributed by atoms with Crippen LogP contribution >= 0.6 is 0 Å². The molecule has 1 atom stereocenters. The Balaban J connectivity index is 1.47. The molecule has 1 fully saturated rings. The number of aromatic nitrogens is 2.